The van der Waals surface area contributed by atoms with Crippen molar-refractivity contribution in [2.24, 2.45) is 0 Å². The van der Waals surface area contributed by atoms with E-state index in [2.05, 4.69) is 50.3 Å². The fourth-order valence-electron chi connectivity index (χ4n) is 4.19. The molecule has 0 spiro atoms. The lowest BCUT2D eigenvalue weighted by Gasteiger charge is -2.34. The van der Waals surface area contributed by atoms with Gasteiger partial charge in [0.1, 0.15) is 12.1 Å². The molecule has 3 aromatic heterocycles. The van der Waals surface area contributed by atoms with E-state index in [4.69, 9.17) is 4.98 Å². The van der Waals surface area contributed by atoms with Crippen LogP contribution in [0.3, 0.4) is 0 Å². The van der Waals surface area contributed by atoms with Crippen LogP contribution in [0, 0.1) is 0 Å². The van der Waals surface area contributed by atoms with Crippen molar-refractivity contribution in [1.82, 2.24) is 29.8 Å². The van der Waals surface area contributed by atoms with Crippen molar-refractivity contribution in [2.45, 2.75) is 25.8 Å². The maximum atomic E-state index is 4.89. The molecule has 0 aliphatic carbocycles. The molecule has 1 fully saturated rings. The van der Waals surface area contributed by atoms with Crippen molar-refractivity contribution >= 4 is 17.0 Å². The standard InChI is InChI=1S/C23H25N7/c1-2-29(19-4-3-10-25-15-19)23-26-13-9-22(28-23)30-16-27-20-14-18(5-6-21(20)30)17-7-11-24-12-8-17/h5-9,11-14,16,19,25H,2-4,10,15H2,1H3. The molecular weight excluding hydrogens is 374 g/mol. The van der Waals surface area contributed by atoms with Crippen LogP contribution in [0.25, 0.3) is 28.0 Å². The van der Waals surface area contributed by atoms with E-state index in [0.29, 0.717) is 6.04 Å². The monoisotopic (exact) mass is 399 g/mol. The van der Waals surface area contributed by atoms with Crippen LogP contribution in [0.1, 0.15) is 19.8 Å². The Kier molecular flexibility index (Phi) is 5.11. The number of nitrogens with one attached hydrogen (secondary N) is 1. The zero-order valence-corrected chi connectivity index (χ0v) is 17.1. The predicted octanol–water partition coefficient (Wildman–Crippen LogP) is 3.46. The smallest absolute Gasteiger partial charge is 0.227 e. The van der Waals surface area contributed by atoms with Gasteiger partial charge in [0.05, 0.1) is 11.0 Å². The predicted molar refractivity (Wildman–Crippen MR) is 119 cm³/mol. The first kappa shape index (κ1) is 18.7. The molecule has 7 heteroatoms. The molecule has 30 heavy (non-hydrogen) atoms. The molecule has 0 amide bonds. The van der Waals surface area contributed by atoms with Crippen molar-refractivity contribution in [1.29, 1.82) is 0 Å². The fourth-order valence-corrected chi connectivity index (χ4v) is 4.19. The Bertz CT molecular complexity index is 1130. The maximum absolute atomic E-state index is 4.89. The van der Waals surface area contributed by atoms with Crippen LogP contribution in [0.2, 0.25) is 0 Å². The summed E-state index contributed by atoms with van der Waals surface area (Å²) in [5.74, 6) is 1.61. The second-order valence-corrected chi connectivity index (χ2v) is 7.55. The molecule has 1 saturated heterocycles. The molecule has 1 aliphatic heterocycles. The Morgan fingerprint density at radius 3 is 2.77 bits per heavy atom. The third-order valence-corrected chi connectivity index (χ3v) is 5.75. The summed E-state index contributed by atoms with van der Waals surface area (Å²) in [6.07, 6.45) is 9.65. The van der Waals surface area contributed by atoms with E-state index in [-0.39, 0.29) is 0 Å². The van der Waals surface area contributed by atoms with Gasteiger partial charge in [-0.2, -0.15) is 4.98 Å². The number of nitrogens with zero attached hydrogens (tertiary/aromatic N) is 6. The van der Waals surface area contributed by atoms with E-state index in [9.17, 15) is 0 Å². The van der Waals surface area contributed by atoms with Gasteiger partial charge in [0.2, 0.25) is 5.95 Å². The van der Waals surface area contributed by atoms with Crippen molar-refractivity contribution in [3.05, 3.63) is 61.3 Å². The highest BCUT2D eigenvalue weighted by molar-refractivity contribution is 5.83. The molecular formula is C23H25N7. The van der Waals surface area contributed by atoms with E-state index in [1.54, 1.807) is 0 Å². The van der Waals surface area contributed by atoms with Gasteiger partial charge in [-0.15, -0.1) is 0 Å². The number of rotatable bonds is 5. The molecule has 7 nitrogen and oxygen atoms in total. The Morgan fingerprint density at radius 2 is 1.97 bits per heavy atom. The number of imidazole rings is 1. The molecule has 1 atom stereocenters. The minimum Gasteiger partial charge on any atom is -0.337 e. The molecule has 152 valence electrons. The lowest BCUT2D eigenvalue weighted by Crippen LogP contribution is -2.46. The molecule has 5 rings (SSSR count). The Hall–Kier alpha value is -3.32. The molecule has 1 N–H and O–H groups in total. The average molecular weight is 400 g/mol. The van der Waals surface area contributed by atoms with Crippen LogP contribution in [-0.2, 0) is 0 Å². The van der Waals surface area contributed by atoms with E-state index in [0.717, 1.165) is 53.6 Å². The van der Waals surface area contributed by atoms with E-state index in [1.807, 2.05) is 47.7 Å². The summed E-state index contributed by atoms with van der Waals surface area (Å²) >= 11 is 0. The van der Waals surface area contributed by atoms with E-state index < -0.39 is 0 Å². The third-order valence-electron chi connectivity index (χ3n) is 5.75. The quantitative estimate of drug-likeness (QED) is 0.554. The number of pyridine rings is 1. The summed E-state index contributed by atoms with van der Waals surface area (Å²) in [7, 11) is 0. The number of likely N-dealkylation sites (N-methyl/N-ethyl adjacent to an activating group) is 1. The highest BCUT2D eigenvalue weighted by Crippen LogP contribution is 2.25. The second-order valence-electron chi connectivity index (χ2n) is 7.55. The molecule has 4 heterocycles. The number of fused-ring (bicyclic) bond motifs is 1. The largest absolute Gasteiger partial charge is 0.337 e. The number of anilines is 1. The van der Waals surface area contributed by atoms with Gasteiger partial charge in [-0.1, -0.05) is 6.07 Å². The molecule has 1 aliphatic rings. The zero-order valence-electron chi connectivity index (χ0n) is 17.1. The summed E-state index contributed by atoms with van der Waals surface area (Å²) in [5, 5.41) is 3.49. The fraction of sp³-hybridized carbons (Fsp3) is 0.304. The van der Waals surface area contributed by atoms with Crippen LogP contribution in [0.5, 0.6) is 0 Å². The number of benzene rings is 1. The molecule has 0 saturated carbocycles. The van der Waals surface area contributed by atoms with Gasteiger partial charge in [0.25, 0.3) is 0 Å². The number of aromatic nitrogens is 5. The highest BCUT2D eigenvalue weighted by Gasteiger charge is 2.22. The van der Waals surface area contributed by atoms with Gasteiger partial charge < -0.3 is 10.2 Å². The minimum atomic E-state index is 0.432. The minimum absolute atomic E-state index is 0.432. The van der Waals surface area contributed by atoms with Gasteiger partial charge in [0.15, 0.2) is 0 Å². The lowest BCUT2D eigenvalue weighted by molar-refractivity contribution is 0.431. The summed E-state index contributed by atoms with van der Waals surface area (Å²) in [6.45, 7) is 5.12. The lowest BCUT2D eigenvalue weighted by atomic mass is 10.1. The van der Waals surface area contributed by atoms with Crippen molar-refractivity contribution in [3.8, 4) is 16.9 Å². The second kappa shape index (κ2) is 8.20. The first-order valence-corrected chi connectivity index (χ1v) is 10.5. The van der Waals surface area contributed by atoms with Crippen LogP contribution in [0.4, 0.5) is 5.95 Å². The molecule has 1 unspecified atom stereocenters. The normalized spacial score (nSPS) is 16.6. The SMILES string of the molecule is CCN(c1nccc(-n2cnc3cc(-c4ccncc4)ccc32)n1)C1CCCNC1. The van der Waals surface area contributed by atoms with Gasteiger partial charge in [0, 0.05) is 37.7 Å². The van der Waals surface area contributed by atoms with Gasteiger partial charge in [-0.05, 0) is 67.8 Å². The van der Waals surface area contributed by atoms with Crippen LogP contribution in [0.15, 0.2) is 61.3 Å². The Morgan fingerprint density at radius 1 is 1.07 bits per heavy atom. The first-order valence-electron chi connectivity index (χ1n) is 10.5. The first-order chi connectivity index (χ1) is 14.8. The summed E-state index contributed by atoms with van der Waals surface area (Å²) < 4.78 is 2.03. The Labute approximate surface area is 175 Å². The van der Waals surface area contributed by atoms with Gasteiger partial charge in [-0.3, -0.25) is 9.55 Å². The summed E-state index contributed by atoms with van der Waals surface area (Å²) in [4.78, 5) is 20.5. The van der Waals surface area contributed by atoms with Gasteiger partial charge >= 0.3 is 0 Å². The van der Waals surface area contributed by atoms with Crippen molar-refractivity contribution in [3.63, 3.8) is 0 Å². The van der Waals surface area contributed by atoms with Crippen LogP contribution in [-0.4, -0.2) is 50.2 Å². The van der Waals surface area contributed by atoms with E-state index in [1.165, 1.54) is 12.8 Å². The van der Waals surface area contributed by atoms with Gasteiger partial charge in [-0.25, -0.2) is 9.97 Å². The maximum Gasteiger partial charge on any atom is 0.227 e. The van der Waals surface area contributed by atoms with Crippen molar-refractivity contribution < 1.29 is 0 Å². The molecule has 0 bridgehead atoms. The zero-order chi connectivity index (χ0) is 20.3. The molecule has 1 aromatic carbocycles. The van der Waals surface area contributed by atoms with Crippen LogP contribution < -0.4 is 10.2 Å². The third kappa shape index (κ3) is 3.52. The summed E-state index contributed by atoms with van der Waals surface area (Å²) in [5.41, 5.74) is 4.22. The number of hydrogen-bond donors (Lipinski definition) is 1. The number of piperidine rings is 1. The molecule has 4 aromatic rings. The molecule has 0 radical (unpaired) electrons. The number of hydrogen-bond acceptors (Lipinski definition) is 6. The average Bonchev–Trinajstić information content (AvgIpc) is 3.24. The highest BCUT2D eigenvalue weighted by atomic mass is 15.3. The topological polar surface area (TPSA) is 71.8 Å². The summed E-state index contributed by atoms with van der Waals surface area (Å²) in [6, 6.07) is 12.7. The van der Waals surface area contributed by atoms with Crippen LogP contribution >= 0.6 is 0 Å². The van der Waals surface area contributed by atoms with E-state index >= 15 is 0 Å². The Balaban J connectivity index is 1.49. The van der Waals surface area contributed by atoms with Crippen molar-refractivity contribution in [2.75, 3.05) is 24.5 Å².